The van der Waals surface area contributed by atoms with Gasteiger partial charge in [-0.1, -0.05) is 0 Å². The van der Waals surface area contributed by atoms with Crippen molar-refractivity contribution < 1.29 is 8.99 Å². The van der Waals surface area contributed by atoms with Crippen molar-refractivity contribution in [2.45, 2.75) is 64.8 Å². The molecular formula is C27H38BO2PSi. The quantitative estimate of drug-likeness (QED) is 0.398. The molecule has 2 aromatic rings. The molecule has 0 saturated heterocycles. The summed E-state index contributed by atoms with van der Waals surface area (Å²) in [5, 5.41) is 2.00. The fraction of sp³-hybridized carbons (Fsp3) is 0.444. The average Bonchev–Trinajstić information content (AvgIpc) is 2.75. The van der Waals surface area contributed by atoms with Crippen LogP contribution >= 0.6 is 7.14 Å². The Morgan fingerprint density at radius 2 is 1.53 bits per heavy atom. The molecule has 0 amide bonds. The number of hydrogen-bond donors (Lipinski definition) is 0. The molecular weight excluding hydrogens is 426 g/mol. The van der Waals surface area contributed by atoms with Gasteiger partial charge >= 0.3 is 197 Å². The molecule has 1 aliphatic carbocycles. The van der Waals surface area contributed by atoms with Crippen LogP contribution in [-0.4, -0.2) is 33.5 Å². The number of benzene rings is 2. The van der Waals surface area contributed by atoms with E-state index in [1.165, 1.54) is 11.0 Å². The average molecular weight is 464 g/mol. The fourth-order valence-electron chi connectivity index (χ4n) is 4.15. The first-order valence-electron chi connectivity index (χ1n) is 11.7. The van der Waals surface area contributed by atoms with E-state index >= 15 is 0 Å². The van der Waals surface area contributed by atoms with Gasteiger partial charge in [0.05, 0.1) is 0 Å². The zero-order valence-electron chi connectivity index (χ0n) is 20.6. The normalized spacial score (nSPS) is 21.7. The van der Waals surface area contributed by atoms with Crippen molar-refractivity contribution in [2.24, 2.45) is 5.92 Å². The molecule has 170 valence electrons. The van der Waals surface area contributed by atoms with Gasteiger partial charge in [-0.25, -0.2) is 0 Å². The Morgan fingerprint density at radius 3 is 2.00 bits per heavy atom. The molecule has 0 aromatic heterocycles. The summed E-state index contributed by atoms with van der Waals surface area (Å²) < 4.78 is 21.2. The molecule has 0 N–H and O–H groups in total. The summed E-state index contributed by atoms with van der Waals surface area (Å²) >= 11 is 0. The Bertz CT molecular complexity index is 965. The molecule has 1 unspecified atom stereocenters. The molecule has 0 spiro atoms. The van der Waals surface area contributed by atoms with E-state index in [9.17, 15) is 4.57 Å². The van der Waals surface area contributed by atoms with Crippen LogP contribution < -0.4 is 10.6 Å². The molecule has 1 aliphatic rings. The van der Waals surface area contributed by atoms with Crippen LogP contribution in [0.15, 0.2) is 72.3 Å². The molecule has 0 aliphatic heterocycles. The van der Waals surface area contributed by atoms with E-state index in [1.54, 1.807) is 0 Å². The molecule has 32 heavy (non-hydrogen) atoms. The summed E-state index contributed by atoms with van der Waals surface area (Å²) in [7, 11) is -0.224. The maximum atomic E-state index is 14.4. The first-order chi connectivity index (χ1) is 14.9. The first kappa shape index (κ1) is 25.2. The summed E-state index contributed by atoms with van der Waals surface area (Å²) in [4.78, 5) is 0. The Hall–Kier alpha value is -1.48. The van der Waals surface area contributed by atoms with Crippen molar-refractivity contribution in [1.29, 1.82) is 0 Å². The summed E-state index contributed by atoms with van der Waals surface area (Å²) in [5.74, 6) is 0.373. The van der Waals surface area contributed by atoms with Crippen LogP contribution in [0, 0.1) is 5.92 Å². The van der Waals surface area contributed by atoms with Crippen LogP contribution in [0.4, 0.5) is 0 Å². The monoisotopic (exact) mass is 464 g/mol. The SMILES string of the molecule is B=C1/C(=C\CP(=O)(c2ccccc2)c2ccccc2)CC(O[Si](C)(C)C(C)(C)C)C[C@@H]1C. The Labute approximate surface area is 197 Å². The van der Waals surface area contributed by atoms with Gasteiger partial charge in [-0.15, -0.1) is 0 Å². The summed E-state index contributed by atoms with van der Waals surface area (Å²) in [6, 6.07) is 19.8. The third kappa shape index (κ3) is 5.53. The van der Waals surface area contributed by atoms with Crippen LogP contribution in [0.25, 0.3) is 0 Å². The van der Waals surface area contributed by atoms with Crippen LogP contribution in [-0.2, 0) is 8.99 Å². The third-order valence-electron chi connectivity index (χ3n) is 7.28. The van der Waals surface area contributed by atoms with Crippen molar-refractivity contribution in [3.8, 4) is 0 Å². The van der Waals surface area contributed by atoms with Gasteiger partial charge in [0, 0.05) is 0 Å². The molecule has 2 atom stereocenters. The summed E-state index contributed by atoms with van der Waals surface area (Å²) in [6.45, 7) is 13.8. The Kier molecular flexibility index (Phi) is 7.70. The van der Waals surface area contributed by atoms with E-state index < -0.39 is 15.5 Å². The fourth-order valence-corrected chi connectivity index (χ4v) is 8.02. The van der Waals surface area contributed by atoms with Crippen molar-refractivity contribution in [3.05, 3.63) is 72.3 Å². The molecule has 2 aromatic carbocycles. The molecule has 5 heteroatoms. The van der Waals surface area contributed by atoms with Crippen molar-refractivity contribution >= 4 is 39.0 Å². The second kappa shape index (κ2) is 9.79. The number of rotatable bonds is 6. The van der Waals surface area contributed by atoms with Crippen LogP contribution in [0.1, 0.15) is 40.5 Å². The summed E-state index contributed by atoms with van der Waals surface area (Å²) in [5.41, 5.74) is 2.40. The van der Waals surface area contributed by atoms with E-state index in [-0.39, 0.29) is 11.1 Å². The molecule has 2 nitrogen and oxygen atoms in total. The second-order valence-electron chi connectivity index (χ2n) is 10.7. The van der Waals surface area contributed by atoms with Gasteiger partial charge in [-0.2, -0.15) is 0 Å². The first-order valence-corrected chi connectivity index (χ1v) is 16.5. The molecule has 3 rings (SSSR count). The van der Waals surface area contributed by atoms with Gasteiger partial charge in [0.1, 0.15) is 0 Å². The predicted molar refractivity (Wildman–Crippen MR) is 145 cm³/mol. The molecule has 1 fully saturated rings. The number of hydrogen-bond acceptors (Lipinski definition) is 2. The zero-order chi connectivity index (χ0) is 23.6. The van der Waals surface area contributed by atoms with E-state index in [2.05, 4.69) is 54.4 Å². The molecule has 1 saturated carbocycles. The van der Waals surface area contributed by atoms with E-state index in [4.69, 9.17) is 4.43 Å². The maximum absolute atomic E-state index is 14.4. The van der Waals surface area contributed by atoms with Gasteiger partial charge in [0.2, 0.25) is 0 Å². The summed E-state index contributed by atoms with van der Waals surface area (Å²) in [6.07, 6.45) is 4.78. The molecule has 0 radical (unpaired) electrons. The van der Waals surface area contributed by atoms with Gasteiger partial charge in [-0.3, -0.25) is 0 Å². The predicted octanol–water partition coefficient (Wildman–Crippen LogP) is 5.82. The molecule has 0 bridgehead atoms. The van der Waals surface area contributed by atoms with Gasteiger partial charge in [-0.05, 0) is 0 Å². The Balaban J connectivity index is 1.90. The standard InChI is InChI=1S/C27H38BO2PSi/c1-21-19-23(30-32(5,6)27(2,3)4)20-22(26(21)28)17-18-31(29,24-13-9-7-10-14-24)25-15-11-8-12-16-25/h7-17,21,23,28H,18-20H2,1-6H3/b22-17-/t21-,23?/m0/s1. The van der Waals surface area contributed by atoms with E-state index in [1.807, 2.05) is 60.7 Å². The van der Waals surface area contributed by atoms with Crippen LogP contribution in [0.3, 0.4) is 0 Å². The zero-order valence-corrected chi connectivity index (χ0v) is 22.5. The minimum absolute atomic E-state index is 0.185. The Morgan fingerprint density at radius 1 is 1.03 bits per heavy atom. The van der Waals surface area contributed by atoms with E-state index in [0.29, 0.717) is 12.1 Å². The number of allylic oxidation sites excluding steroid dienone is 1. The van der Waals surface area contributed by atoms with Gasteiger partial charge in [0.25, 0.3) is 0 Å². The molecule has 0 heterocycles. The van der Waals surface area contributed by atoms with Crippen molar-refractivity contribution in [3.63, 3.8) is 0 Å². The van der Waals surface area contributed by atoms with E-state index in [0.717, 1.165) is 23.5 Å². The van der Waals surface area contributed by atoms with Gasteiger partial charge in [0.15, 0.2) is 0 Å². The minimum atomic E-state index is -2.77. The van der Waals surface area contributed by atoms with Crippen LogP contribution in [0.5, 0.6) is 0 Å². The van der Waals surface area contributed by atoms with Crippen molar-refractivity contribution in [1.82, 2.24) is 0 Å². The van der Waals surface area contributed by atoms with Gasteiger partial charge < -0.3 is 0 Å². The topological polar surface area (TPSA) is 26.3 Å². The third-order valence-corrected chi connectivity index (χ3v) is 14.8. The van der Waals surface area contributed by atoms with Crippen LogP contribution in [0.2, 0.25) is 18.1 Å². The second-order valence-corrected chi connectivity index (χ2v) is 18.3. The van der Waals surface area contributed by atoms with Crippen molar-refractivity contribution in [2.75, 3.05) is 6.16 Å².